The number of furan rings is 1. The number of carbonyl (C=O) groups is 2. The molecule has 1 aliphatic rings. The molecule has 0 spiro atoms. The molecule has 0 aliphatic carbocycles. The minimum Gasteiger partial charge on any atom is -0.469 e. The molecular weight excluding hydrogens is 354 g/mol. The van der Waals surface area contributed by atoms with Crippen molar-refractivity contribution in [3.8, 4) is 0 Å². The van der Waals surface area contributed by atoms with E-state index in [1.807, 2.05) is 0 Å². The molecule has 138 valence electrons. The molecule has 0 bridgehead atoms. The second-order valence-corrected chi connectivity index (χ2v) is 7.46. The zero-order valence-corrected chi connectivity index (χ0v) is 15.6. The first-order valence-corrected chi connectivity index (χ1v) is 8.85. The molecule has 1 aromatic carbocycles. The summed E-state index contributed by atoms with van der Waals surface area (Å²) in [4.78, 5) is 27.3. The Labute approximate surface area is 157 Å². The van der Waals surface area contributed by atoms with E-state index in [1.54, 1.807) is 36.1 Å². The van der Waals surface area contributed by atoms with Crippen LogP contribution in [0.15, 0.2) is 34.9 Å². The Hall–Kier alpha value is -2.31. The maximum absolute atomic E-state index is 13.0. The monoisotopic (exact) mass is 375 g/mol. The van der Waals surface area contributed by atoms with Gasteiger partial charge in [-0.15, -0.1) is 0 Å². The SMILES string of the molecule is Cc1occc1C(=O)Nc1cc(Cl)ccc1C(=O)N1CCC(C)(CN)C1. The van der Waals surface area contributed by atoms with Gasteiger partial charge < -0.3 is 20.4 Å². The number of carbonyl (C=O) groups excluding carboxylic acids is 2. The first-order chi connectivity index (χ1) is 12.3. The fraction of sp³-hybridized carbons (Fsp3) is 0.368. The van der Waals surface area contributed by atoms with Crippen molar-refractivity contribution in [3.05, 3.63) is 52.4 Å². The predicted molar refractivity (Wildman–Crippen MR) is 101 cm³/mol. The normalized spacial score (nSPS) is 19.6. The van der Waals surface area contributed by atoms with E-state index in [0.717, 1.165) is 6.42 Å². The van der Waals surface area contributed by atoms with Gasteiger partial charge in [0, 0.05) is 18.1 Å². The van der Waals surface area contributed by atoms with E-state index in [0.29, 0.717) is 47.2 Å². The topological polar surface area (TPSA) is 88.6 Å². The molecule has 3 N–H and O–H groups in total. The number of rotatable bonds is 4. The number of hydrogen-bond donors (Lipinski definition) is 2. The minimum atomic E-state index is -0.346. The average Bonchev–Trinajstić information content (AvgIpc) is 3.21. The largest absolute Gasteiger partial charge is 0.469 e. The van der Waals surface area contributed by atoms with Crippen LogP contribution in [0.25, 0.3) is 0 Å². The van der Waals surface area contributed by atoms with Crippen LogP contribution in [0.3, 0.4) is 0 Å². The van der Waals surface area contributed by atoms with E-state index in [-0.39, 0.29) is 17.2 Å². The molecule has 26 heavy (non-hydrogen) atoms. The van der Waals surface area contributed by atoms with Crippen LogP contribution in [-0.4, -0.2) is 36.3 Å². The fourth-order valence-corrected chi connectivity index (χ4v) is 3.32. The highest BCUT2D eigenvalue weighted by Crippen LogP contribution is 2.31. The quantitative estimate of drug-likeness (QED) is 0.858. The van der Waals surface area contributed by atoms with Crippen molar-refractivity contribution in [1.29, 1.82) is 0 Å². The summed E-state index contributed by atoms with van der Waals surface area (Å²) in [6.07, 6.45) is 2.31. The van der Waals surface area contributed by atoms with Crippen LogP contribution in [0.4, 0.5) is 5.69 Å². The van der Waals surface area contributed by atoms with Crippen LogP contribution in [0.5, 0.6) is 0 Å². The van der Waals surface area contributed by atoms with Gasteiger partial charge in [0.2, 0.25) is 0 Å². The van der Waals surface area contributed by atoms with E-state index in [4.69, 9.17) is 21.8 Å². The Morgan fingerprint density at radius 3 is 2.73 bits per heavy atom. The Bertz CT molecular complexity index is 848. The zero-order valence-electron chi connectivity index (χ0n) is 14.8. The number of nitrogens with two attached hydrogens (primary N) is 1. The molecule has 1 saturated heterocycles. The summed E-state index contributed by atoms with van der Waals surface area (Å²) in [5, 5.41) is 3.22. The number of nitrogens with zero attached hydrogens (tertiary/aromatic N) is 1. The van der Waals surface area contributed by atoms with Crippen LogP contribution >= 0.6 is 11.6 Å². The Morgan fingerprint density at radius 2 is 2.12 bits per heavy atom. The second-order valence-electron chi connectivity index (χ2n) is 7.03. The maximum atomic E-state index is 13.0. The third kappa shape index (κ3) is 3.61. The van der Waals surface area contributed by atoms with E-state index in [1.165, 1.54) is 6.26 Å². The number of aryl methyl sites for hydroxylation is 1. The number of hydrogen-bond acceptors (Lipinski definition) is 4. The van der Waals surface area contributed by atoms with Gasteiger partial charge >= 0.3 is 0 Å². The van der Waals surface area contributed by atoms with E-state index in [9.17, 15) is 9.59 Å². The van der Waals surface area contributed by atoms with Crippen molar-refractivity contribution in [2.24, 2.45) is 11.1 Å². The maximum Gasteiger partial charge on any atom is 0.259 e. The van der Waals surface area contributed by atoms with Crippen molar-refractivity contribution in [2.75, 3.05) is 25.0 Å². The summed E-state index contributed by atoms with van der Waals surface area (Å²) in [6, 6.07) is 6.45. The van der Waals surface area contributed by atoms with Crippen LogP contribution in [0, 0.1) is 12.3 Å². The van der Waals surface area contributed by atoms with Crippen molar-refractivity contribution >= 4 is 29.1 Å². The molecular formula is C19H22ClN3O3. The number of halogens is 1. The lowest BCUT2D eigenvalue weighted by molar-refractivity contribution is 0.0778. The van der Waals surface area contributed by atoms with Crippen LogP contribution in [0.1, 0.15) is 39.8 Å². The summed E-state index contributed by atoms with van der Waals surface area (Å²) >= 11 is 6.08. The zero-order chi connectivity index (χ0) is 18.9. The lowest BCUT2D eigenvalue weighted by Gasteiger charge is -2.23. The summed E-state index contributed by atoms with van der Waals surface area (Å²) in [5.41, 5.74) is 6.97. The van der Waals surface area contributed by atoms with Crippen molar-refractivity contribution in [1.82, 2.24) is 4.90 Å². The highest BCUT2D eigenvalue weighted by Gasteiger charge is 2.35. The van der Waals surface area contributed by atoms with Crippen molar-refractivity contribution < 1.29 is 14.0 Å². The first-order valence-electron chi connectivity index (χ1n) is 8.47. The molecule has 1 fully saturated rings. The molecule has 6 nitrogen and oxygen atoms in total. The van der Waals surface area contributed by atoms with E-state index >= 15 is 0 Å². The van der Waals surface area contributed by atoms with Crippen LogP contribution in [-0.2, 0) is 0 Å². The van der Waals surface area contributed by atoms with Gasteiger partial charge in [-0.05, 0) is 49.6 Å². The highest BCUT2D eigenvalue weighted by atomic mass is 35.5. The Morgan fingerprint density at radius 1 is 1.35 bits per heavy atom. The van der Waals surface area contributed by atoms with Crippen LogP contribution < -0.4 is 11.1 Å². The van der Waals surface area contributed by atoms with Crippen LogP contribution in [0.2, 0.25) is 5.02 Å². The molecule has 2 heterocycles. The Balaban J connectivity index is 1.86. The molecule has 3 rings (SSSR count). The molecule has 2 aromatic rings. The lowest BCUT2D eigenvalue weighted by atomic mass is 9.90. The number of likely N-dealkylation sites (tertiary alicyclic amines) is 1. The summed E-state index contributed by atoms with van der Waals surface area (Å²) in [5.74, 6) is 0.0227. The summed E-state index contributed by atoms with van der Waals surface area (Å²) in [7, 11) is 0. The number of amides is 2. The average molecular weight is 376 g/mol. The summed E-state index contributed by atoms with van der Waals surface area (Å²) < 4.78 is 5.17. The number of benzene rings is 1. The van der Waals surface area contributed by atoms with E-state index in [2.05, 4.69) is 12.2 Å². The molecule has 1 atom stereocenters. The molecule has 0 saturated carbocycles. The lowest BCUT2D eigenvalue weighted by Crippen LogP contribution is -2.35. The Kier molecular flexibility index (Phi) is 5.07. The smallest absolute Gasteiger partial charge is 0.259 e. The minimum absolute atomic E-state index is 0.0700. The van der Waals surface area contributed by atoms with Gasteiger partial charge in [-0.1, -0.05) is 18.5 Å². The second kappa shape index (κ2) is 7.13. The van der Waals surface area contributed by atoms with Gasteiger partial charge in [-0.2, -0.15) is 0 Å². The predicted octanol–water partition coefficient (Wildman–Crippen LogP) is 3.30. The standard InChI is InChI=1S/C19H22ClN3O3/c1-12-14(5-8-26-12)17(24)22-16-9-13(20)3-4-15(16)18(25)23-7-6-19(2,10-21)11-23/h3-5,8-9H,6-7,10-11,21H2,1-2H3,(H,22,24). The van der Waals surface area contributed by atoms with E-state index < -0.39 is 0 Å². The fourth-order valence-electron chi connectivity index (χ4n) is 3.15. The number of anilines is 1. The molecule has 2 amide bonds. The molecule has 1 unspecified atom stereocenters. The van der Waals surface area contributed by atoms with Gasteiger partial charge in [0.1, 0.15) is 5.76 Å². The third-order valence-corrected chi connectivity index (χ3v) is 5.14. The van der Waals surface area contributed by atoms with Crippen molar-refractivity contribution in [2.45, 2.75) is 20.3 Å². The number of nitrogens with one attached hydrogen (secondary N) is 1. The first kappa shape index (κ1) is 18.5. The highest BCUT2D eigenvalue weighted by molar-refractivity contribution is 6.31. The molecule has 1 aliphatic heterocycles. The van der Waals surface area contributed by atoms with Gasteiger partial charge in [-0.25, -0.2) is 0 Å². The van der Waals surface area contributed by atoms with Crippen molar-refractivity contribution in [3.63, 3.8) is 0 Å². The summed E-state index contributed by atoms with van der Waals surface area (Å²) in [6.45, 7) is 5.55. The van der Waals surface area contributed by atoms with Gasteiger partial charge in [0.15, 0.2) is 0 Å². The van der Waals surface area contributed by atoms with Gasteiger partial charge in [0.25, 0.3) is 11.8 Å². The molecule has 1 aromatic heterocycles. The van der Waals surface area contributed by atoms with Gasteiger partial charge in [0.05, 0.1) is 23.1 Å². The molecule has 7 heteroatoms. The third-order valence-electron chi connectivity index (χ3n) is 4.90. The molecule has 0 radical (unpaired) electrons. The van der Waals surface area contributed by atoms with Gasteiger partial charge in [-0.3, -0.25) is 9.59 Å².